The molecule has 0 aromatic carbocycles. The second-order valence-electron chi connectivity index (χ2n) is 1.94. The van der Waals surface area contributed by atoms with Gasteiger partial charge in [0, 0.05) is 20.3 Å². The van der Waals surface area contributed by atoms with Gasteiger partial charge in [-0.1, -0.05) is 12.7 Å². The summed E-state index contributed by atoms with van der Waals surface area (Å²) >= 11 is 0. The standard InChI is InChI=1S/C8H14N2/c1-5-7(2)8(10-4)6-9-3/h5-6,10H,1H2,2-4H3/b8-7-,9-6?. The molecule has 0 rings (SSSR count). The zero-order chi connectivity index (χ0) is 7.98. The first-order valence-electron chi connectivity index (χ1n) is 3.19. The molecule has 0 heterocycles. The Morgan fingerprint density at radius 3 is 2.50 bits per heavy atom. The Morgan fingerprint density at radius 2 is 2.20 bits per heavy atom. The summed E-state index contributed by atoms with van der Waals surface area (Å²) in [6.45, 7) is 5.64. The third-order valence-electron chi connectivity index (χ3n) is 1.26. The van der Waals surface area contributed by atoms with Crippen LogP contribution in [0.2, 0.25) is 0 Å². The van der Waals surface area contributed by atoms with Gasteiger partial charge in [0.25, 0.3) is 0 Å². The summed E-state index contributed by atoms with van der Waals surface area (Å²) in [5.41, 5.74) is 2.12. The van der Waals surface area contributed by atoms with E-state index in [9.17, 15) is 0 Å². The number of rotatable bonds is 3. The molecule has 0 aromatic rings. The monoisotopic (exact) mass is 138 g/mol. The summed E-state index contributed by atoms with van der Waals surface area (Å²) in [6.07, 6.45) is 3.57. The molecule has 2 nitrogen and oxygen atoms in total. The minimum atomic E-state index is 1.01. The lowest BCUT2D eigenvalue weighted by atomic mass is 10.2. The Bertz CT molecular complexity index is 166. The number of aliphatic imine (C=N–C) groups is 1. The fraction of sp³-hybridized carbons (Fsp3) is 0.375. The van der Waals surface area contributed by atoms with E-state index in [1.807, 2.05) is 14.0 Å². The highest BCUT2D eigenvalue weighted by molar-refractivity contribution is 5.79. The van der Waals surface area contributed by atoms with E-state index in [-0.39, 0.29) is 0 Å². The molecule has 0 amide bonds. The zero-order valence-corrected chi connectivity index (χ0v) is 6.81. The van der Waals surface area contributed by atoms with E-state index >= 15 is 0 Å². The number of nitrogens with zero attached hydrogens (tertiary/aromatic N) is 1. The number of nitrogens with one attached hydrogen (secondary N) is 1. The molecule has 0 fully saturated rings. The summed E-state index contributed by atoms with van der Waals surface area (Å²) in [5, 5.41) is 3.01. The van der Waals surface area contributed by atoms with Crippen molar-refractivity contribution in [3.05, 3.63) is 23.9 Å². The normalized spacial score (nSPS) is 13.1. The molecular weight excluding hydrogens is 124 g/mol. The van der Waals surface area contributed by atoms with Crippen molar-refractivity contribution >= 4 is 6.21 Å². The minimum Gasteiger partial charge on any atom is -0.387 e. The van der Waals surface area contributed by atoms with Gasteiger partial charge in [-0.3, -0.25) is 4.99 Å². The van der Waals surface area contributed by atoms with Gasteiger partial charge in [-0.25, -0.2) is 0 Å². The van der Waals surface area contributed by atoms with Gasteiger partial charge in [0.05, 0.1) is 5.70 Å². The maximum absolute atomic E-state index is 3.88. The van der Waals surface area contributed by atoms with Crippen LogP contribution in [0, 0.1) is 0 Å². The summed E-state index contributed by atoms with van der Waals surface area (Å²) in [7, 11) is 3.61. The summed E-state index contributed by atoms with van der Waals surface area (Å²) in [4.78, 5) is 3.88. The molecule has 0 bridgehead atoms. The first kappa shape index (κ1) is 8.95. The quantitative estimate of drug-likeness (QED) is 0.462. The molecule has 0 unspecified atom stereocenters. The fourth-order valence-corrected chi connectivity index (χ4v) is 0.603. The fourth-order valence-electron chi connectivity index (χ4n) is 0.603. The lowest BCUT2D eigenvalue weighted by Gasteiger charge is -2.01. The van der Waals surface area contributed by atoms with Crippen molar-refractivity contribution in [2.75, 3.05) is 14.1 Å². The molecule has 0 saturated heterocycles. The van der Waals surface area contributed by atoms with Gasteiger partial charge in [-0.05, 0) is 12.5 Å². The van der Waals surface area contributed by atoms with Crippen LogP contribution in [0.5, 0.6) is 0 Å². The van der Waals surface area contributed by atoms with Crippen molar-refractivity contribution in [1.29, 1.82) is 0 Å². The van der Waals surface area contributed by atoms with E-state index in [2.05, 4.69) is 16.9 Å². The predicted molar refractivity (Wildman–Crippen MR) is 46.4 cm³/mol. The van der Waals surface area contributed by atoms with Crippen molar-refractivity contribution in [3.63, 3.8) is 0 Å². The smallest absolute Gasteiger partial charge is 0.0548 e. The van der Waals surface area contributed by atoms with E-state index in [4.69, 9.17) is 0 Å². The average Bonchev–Trinajstić information content (AvgIpc) is 1.99. The van der Waals surface area contributed by atoms with E-state index in [1.165, 1.54) is 0 Å². The molecule has 0 aromatic heterocycles. The third-order valence-corrected chi connectivity index (χ3v) is 1.26. The Balaban J connectivity index is 4.44. The molecule has 0 radical (unpaired) electrons. The molecule has 0 aliphatic heterocycles. The van der Waals surface area contributed by atoms with Crippen LogP contribution in [0.15, 0.2) is 28.9 Å². The molecule has 2 heteroatoms. The van der Waals surface area contributed by atoms with E-state index < -0.39 is 0 Å². The molecule has 10 heavy (non-hydrogen) atoms. The van der Waals surface area contributed by atoms with Crippen LogP contribution in [-0.4, -0.2) is 20.3 Å². The molecule has 0 atom stereocenters. The van der Waals surface area contributed by atoms with Crippen LogP contribution < -0.4 is 5.32 Å². The van der Waals surface area contributed by atoms with Crippen molar-refractivity contribution < 1.29 is 0 Å². The van der Waals surface area contributed by atoms with E-state index in [0.29, 0.717) is 0 Å². The second kappa shape index (κ2) is 4.79. The van der Waals surface area contributed by atoms with Crippen LogP contribution in [0.25, 0.3) is 0 Å². The predicted octanol–water partition coefficient (Wildman–Crippen LogP) is 1.37. The first-order valence-corrected chi connectivity index (χ1v) is 3.19. The molecule has 0 saturated carbocycles. The number of hydrogen-bond donors (Lipinski definition) is 1. The highest BCUT2D eigenvalue weighted by atomic mass is 14.9. The molecule has 1 N–H and O–H groups in total. The SMILES string of the molecule is C=C/C(C)=C(/C=NC)NC. The van der Waals surface area contributed by atoms with Gasteiger partial charge in [-0.15, -0.1) is 0 Å². The van der Waals surface area contributed by atoms with Gasteiger partial charge in [0.15, 0.2) is 0 Å². The summed E-state index contributed by atoms with van der Waals surface area (Å²) < 4.78 is 0. The third kappa shape index (κ3) is 2.49. The highest BCUT2D eigenvalue weighted by Gasteiger charge is 1.90. The molecule has 0 aliphatic rings. The maximum Gasteiger partial charge on any atom is 0.0548 e. The van der Waals surface area contributed by atoms with Crippen molar-refractivity contribution in [1.82, 2.24) is 5.32 Å². The number of hydrogen-bond acceptors (Lipinski definition) is 2. The van der Waals surface area contributed by atoms with Crippen molar-refractivity contribution in [2.45, 2.75) is 6.92 Å². The van der Waals surface area contributed by atoms with Crippen LogP contribution in [0.1, 0.15) is 6.92 Å². The van der Waals surface area contributed by atoms with Gasteiger partial charge >= 0.3 is 0 Å². The Kier molecular flexibility index (Phi) is 4.29. The van der Waals surface area contributed by atoms with E-state index in [0.717, 1.165) is 11.3 Å². The molecular formula is C8H14N2. The topological polar surface area (TPSA) is 24.4 Å². The van der Waals surface area contributed by atoms with Crippen molar-refractivity contribution in [2.24, 2.45) is 4.99 Å². The van der Waals surface area contributed by atoms with E-state index in [1.54, 1.807) is 19.3 Å². The van der Waals surface area contributed by atoms with Gasteiger partial charge < -0.3 is 5.32 Å². The lowest BCUT2D eigenvalue weighted by Crippen LogP contribution is -2.08. The highest BCUT2D eigenvalue weighted by Crippen LogP contribution is 1.97. The van der Waals surface area contributed by atoms with Crippen LogP contribution in [-0.2, 0) is 0 Å². The Morgan fingerprint density at radius 1 is 1.60 bits per heavy atom. The zero-order valence-electron chi connectivity index (χ0n) is 6.81. The maximum atomic E-state index is 3.88. The number of allylic oxidation sites excluding steroid dienone is 3. The van der Waals surface area contributed by atoms with Crippen LogP contribution in [0.4, 0.5) is 0 Å². The van der Waals surface area contributed by atoms with Gasteiger partial charge in [0.2, 0.25) is 0 Å². The molecule has 0 aliphatic carbocycles. The second-order valence-corrected chi connectivity index (χ2v) is 1.94. The molecule has 0 spiro atoms. The Labute approximate surface area is 62.4 Å². The lowest BCUT2D eigenvalue weighted by molar-refractivity contribution is 1.04. The largest absolute Gasteiger partial charge is 0.387 e. The average molecular weight is 138 g/mol. The van der Waals surface area contributed by atoms with Crippen LogP contribution >= 0.6 is 0 Å². The van der Waals surface area contributed by atoms with Gasteiger partial charge in [0.1, 0.15) is 0 Å². The summed E-state index contributed by atoms with van der Waals surface area (Å²) in [6, 6.07) is 0. The van der Waals surface area contributed by atoms with Crippen molar-refractivity contribution in [3.8, 4) is 0 Å². The minimum absolute atomic E-state index is 1.01. The summed E-state index contributed by atoms with van der Waals surface area (Å²) in [5.74, 6) is 0. The Hall–Kier alpha value is -1.05. The molecule has 56 valence electrons. The van der Waals surface area contributed by atoms with Gasteiger partial charge in [-0.2, -0.15) is 0 Å². The first-order chi connectivity index (χ1) is 4.76. The van der Waals surface area contributed by atoms with Crippen LogP contribution in [0.3, 0.4) is 0 Å².